The fourth-order valence-electron chi connectivity index (χ4n) is 2.80. The van der Waals surface area contributed by atoms with Crippen LogP contribution in [-0.4, -0.2) is 23.7 Å². The maximum Gasteiger partial charge on any atom is 0.335 e. The van der Waals surface area contributed by atoms with Crippen molar-refractivity contribution in [3.63, 3.8) is 0 Å². The monoisotopic (exact) mass is 260 g/mol. The molecule has 0 spiro atoms. The van der Waals surface area contributed by atoms with Crippen molar-refractivity contribution in [1.29, 1.82) is 0 Å². The van der Waals surface area contributed by atoms with Crippen LogP contribution in [0.15, 0.2) is 0 Å². The first-order valence-corrected chi connectivity index (χ1v) is 7.95. The summed E-state index contributed by atoms with van der Waals surface area (Å²) in [5.41, 5.74) is -0.173. The Morgan fingerprint density at radius 3 is 2.06 bits per heavy atom. The Kier molecular flexibility index (Phi) is 3.50. The molecule has 2 aliphatic carbocycles. The second-order valence-corrected chi connectivity index (χ2v) is 7.63. The minimum Gasteiger partial charge on any atom is -0.306 e. The molecule has 4 nitrogen and oxygen atoms in total. The number of fused-ring (bicyclic) bond motifs is 1. The Morgan fingerprint density at radius 1 is 1.18 bits per heavy atom. The molecule has 17 heavy (non-hydrogen) atoms. The molecule has 0 amide bonds. The number of carbonyl (C=O) groups excluding carboxylic acids is 1. The number of Topliss-reactive ketones (excluding diaryl/α,β-unsaturated/α-hetero) is 1. The Bertz CT molecular complexity index is 350. The first-order chi connectivity index (χ1) is 7.85. The lowest BCUT2D eigenvalue weighted by atomic mass is 10.2. The quantitative estimate of drug-likeness (QED) is 0.713. The maximum absolute atomic E-state index is 12.8. The van der Waals surface area contributed by atoms with E-state index in [1.54, 1.807) is 0 Å². The second-order valence-electron chi connectivity index (χ2n) is 5.53. The summed E-state index contributed by atoms with van der Waals surface area (Å²) in [6.07, 6.45) is 1.20. The van der Waals surface area contributed by atoms with Crippen LogP contribution in [-0.2, 0) is 18.4 Å². The van der Waals surface area contributed by atoms with Gasteiger partial charge in [0, 0.05) is 12.3 Å². The minimum absolute atomic E-state index is 0.0571. The molecule has 0 radical (unpaired) electrons. The van der Waals surface area contributed by atoms with Crippen LogP contribution in [0.2, 0.25) is 0 Å². The molecule has 0 bridgehead atoms. The van der Waals surface area contributed by atoms with Gasteiger partial charge in [0.2, 0.25) is 0 Å². The van der Waals surface area contributed by atoms with Gasteiger partial charge in [0.15, 0.2) is 0 Å². The van der Waals surface area contributed by atoms with Crippen LogP contribution in [0.4, 0.5) is 0 Å². The van der Waals surface area contributed by atoms with Crippen molar-refractivity contribution < 1.29 is 18.4 Å². The lowest BCUT2D eigenvalue weighted by Crippen LogP contribution is -2.14. The Morgan fingerprint density at radius 2 is 1.71 bits per heavy atom. The van der Waals surface area contributed by atoms with Crippen LogP contribution in [0, 0.1) is 11.8 Å². The highest BCUT2D eigenvalue weighted by atomic mass is 31.2. The Labute approximate surface area is 103 Å². The average molecular weight is 260 g/mol. The van der Waals surface area contributed by atoms with Crippen molar-refractivity contribution in [2.75, 3.05) is 0 Å². The van der Waals surface area contributed by atoms with E-state index < -0.39 is 7.60 Å². The van der Waals surface area contributed by atoms with E-state index in [1.165, 1.54) is 0 Å². The van der Waals surface area contributed by atoms with E-state index in [2.05, 4.69) is 0 Å². The van der Waals surface area contributed by atoms with Gasteiger partial charge in [0.05, 0.1) is 17.9 Å². The fraction of sp³-hybridized carbons (Fsp3) is 0.917. The molecule has 98 valence electrons. The third-order valence-electron chi connectivity index (χ3n) is 3.30. The van der Waals surface area contributed by atoms with Crippen molar-refractivity contribution in [3.8, 4) is 0 Å². The Hall–Kier alpha value is -0.180. The summed E-state index contributed by atoms with van der Waals surface area (Å²) >= 11 is 0. The first kappa shape index (κ1) is 13.3. The van der Waals surface area contributed by atoms with Crippen molar-refractivity contribution in [3.05, 3.63) is 0 Å². The van der Waals surface area contributed by atoms with Crippen LogP contribution in [0.5, 0.6) is 0 Å². The highest BCUT2D eigenvalue weighted by Gasteiger charge is 2.67. The minimum atomic E-state index is -3.13. The molecule has 0 aliphatic heterocycles. The fourth-order valence-corrected chi connectivity index (χ4v) is 5.79. The lowest BCUT2D eigenvalue weighted by Gasteiger charge is -2.24. The van der Waals surface area contributed by atoms with E-state index >= 15 is 0 Å². The van der Waals surface area contributed by atoms with E-state index in [4.69, 9.17) is 9.05 Å². The molecular weight excluding hydrogens is 239 g/mol. The van der Waals surface area contributed by atoms with E-state index in [-0.39, 0.29) is 35.5 Å². The van der Waals surface area contributed by atoms with Crippen LogP contribution >= 0.6 is 7.60 Å². The summed E-state index contributed by atoms with van der Waals surface area (Å²) in [6, 6.07) is 0. The molecule has 0 saturated heterocycles. The normalized spacial score (nSPS) is 32.4. The maximum atomic E-state index is 12.8. The molecule has 0 N–H and O–H groups in total. The molecule has 0 aromatic heterocycles. The number of carbonyl (C=O) groups is 1. The average Bonchev–Trinajstić information content (AvgIpc) is 2.77. The van der Waals surface area contributed by atoms with E-state index in [0.29, 0.717) is 6.42 Å². The topological polar surface area (TPSA) is 52.6 Å². The van der Waals surface area contributed by atoms with Crippen LogP contribution in [0.25, 0.3) is 0 Å². The summed E-state index contributed by atoms with van der Waals surface area (Å²) in [5, 5.41) is 0. The number of rotatable bonds is 5. The molecule has 5 heteroatoms. The van der Waals surface area contributed by atoms with Crippen LogP contribution in [0.1, 0.15) is 40.5 Å². The lowest BCUT2D eigenvalue weighted by molar-refractivity contribution is -0.119. The molecule has 3 atom stereocenters. The van der Waals surface area contributed by atoms with Crippen molar-refractivity contribution in [2.45, 2.75) is 58.4 Å². The zero-order valence-corrected chi connectivity index (χ0v) is 11.8. The molecule has 2 fully saturated rings. The summed E-state index contributed by atoms with van der Waals surface area (Å²) in [4.78, 5) is 11.6. The third kappa shape index (κ3) is 2.49. The number of ketones is 1. The predicted octanol–water partition coefficient (Wildman–Crippen LogP) is 3.01. The Balaban J connectivity index is 2.12. The molecular formula is C12H21O4P. The summed E-state index contributed by atoms with van der Waals surface area (Å²) < 4.78 is 23.8. The molecule has 2 rings (SSSR count). The summed E-state index contributed by atoms with van der Waals surface area (Å²) in [6.45, 7) is 7.37. The van der Waals surface area contributed by atoms with E-state index in [0.717, 1.165) is 6.42 Å². The van der Waals surface area contributed by atoms with Gasteiger partial charge in [0.1, 0.15) is 5.78 Å². The second kappa shape index (κ2) is 4.49. The highest BCUT2D eigenvalue weighted by Crippen LogP contribution is 2.72. The SMILES string of the molecule is CC(C)OP(=O)(OC(C)C)[C@H]1[C@H]2CCC(=O)[C@H]21. The first-order valence-electron chi connectivity index (χ1n) is 6.34. The van der Waals surface area contributed by atoms with E-state index in [9.17, 15) is 9.36 Å². The molecule has 0 heterocycles. The zero-order valence-electron chi connectivity index (χ0n) is 10.9. The molecule has 2 aliphatic rings. The van der Waals surface area contributed by atoms with Gasteiger partial charge in [0.25, 0.3) is 0 Å². The zero-order chi connectivity index (χ0) is 12.8. The van der Waals surface area contributed by atoms with Gasteiger partial charge in [-0.15, -0.1) is 0 Å². The highest BCUT2D eigenvalue weighted by molar-refractivity contribution is 7.55. The smallest absolute Gasteiger partial charge is 0.306 e. The number of hydrogen-bond acceptors (Lipinski definition) is 4. The van der Waals surface area contributed by atoms with Gasteiger partial charge in [-0.1, -0.05) is 0 Å². The van der Waals surface area contributed by atoms with Gasteiger partial charge >= 0.3 is 7.60 Å². The van der Waals surface area contributed by atoms with Gasteiger partial charge in [-0.25, -0.2) is 0 Å². The van der Waals surface area contributed by atoms with Crippen molar-refractivity contribution >= 4 is 13.4 Å². The van der Waals surface area contributed by atoms with Crippen molar-refractivity contribution in [2.24, 2.45) is 11.8 Å². The van der Waals surface area contributed by atoms with Gasteiger partial charge < -0.3 is 9.05 Å². The van der Waals surface area contributed by atoms with Gasteiger partial charge in [-0.2, -0.15) is 0 Å². The standard InChI is InChI=1S/C12H21O4P/c1-7(2)15-17(14,16-8(3)4)12-9-5-6-10(13)11(9)12/h7-9,11-12H,5-6H2,1-4H3/t9-,11-,12-/m0/s1. The van der Waals surface area contributed by atoms with Crippen molar-refractivity contribution in [1.82, 2.24) is 0 Å². The molecule has 0 unspecified atom stereocenters. The van der Waals surface area contributed by atoms with Crippen LogP contribution < -0.4 is 0 Å². The predicted molar refractivity (Wildman–Crippen MR) is 65.1 cm³/mol. The number of hydrogen-bond donors (Lipinski definition) is 0. The van der Waals surface area contributed by atoms with Crippen LogP contribution in [0.3, 0.4) is 0 Å². The molecule has 0 aromatic rings. The molecule has 2 saturated carbocycles. The largest absolute Gasteiger partial charge is 0.335 e. The van der Waals surface area contributed by atoms with Gasteiger partial charge in [-0.3, -0.25) is 9.36 Å². The van der Waals surface area contributed by atoms with Gasteiger partial charge in [-0.05, 0) is 40.0 Å². The molecule has 0 aromatic carbocycles. The third-order valence-corrected chi connectivity index (χ3v) is 6.17. The summed E-state index contributed by atoms with van der Waals surface area (Å²) in [7, 11) is -3.13. The summed E-state index contributed by atoms with van der Waals surface area (Å²) in [5.74, 6) is 0.420. The van der Waals surface area contributed by atoms with E-state index in [1.807, 2.05) is 27.7 Å².